The molecule has 1 aromatic heterocycles. The van der Waals surface area contributed by atoms with Crippen LogP contribution in [0.15, 0.2) is 18.3 Å². The fourth-order valence-electron chi connectivity index (χ4n) is 0.922. The summed E-state index contributed by atoms with van der Waals surface area (Å²) in [6, 6.07) is 1.79. The van der Waals surface area contributed by atoms with Crippen LogP contribution in [0.2, 0.25) is 0 Å². The van der Waals surface area contributed by atoms with E-state index in [4.69, 9.17) is 4.74 Å². The topological polar surface area (TPSA) is 34.1 Å². The van der Waals surface area contributed by atoms with Crippen LogP contribution in [-0.2, 0) is 6.18 Å². The molecule has 1 aromatic rings. The molecular formula is C9H11F3N2O. The molecule has 0 spiro atoms. The van der Waals surface area contributed by atoms with E-state index in [1.165, 1.54) is 0 Å². The van der Waals surface area contributed by atoms with E-state index in [2.05, 4.69) is 10.3 Å². The maximum Gasteiger partial charge on any atom is 0.416 e. The van der Waals surface area contributed by atoms with Gasteiger partial charge in [0.25, 0.3) is 0 Å². The molecule has 3 nitrogen and oxygen atoms in total. The Hall–Kier alpha value is -1.30. The largest absolute Gasteiger partial charge is 0.476 e. The minimum Gasteiger partial charge on any atom is -0.476 e. The second kappa shape index (κ2) is 4.97. The fraction of sp³-hybridized carbons (Fsp3) is 0.444. The fourth-order valence-corrected chi connectivity index (χ4v) is 0.922. The van der Waals surface area contributed by atoms with Crippen molar-refractivity contribution in [3.8, 4) is 5.88 Å². The van der Waals surface area contributed by atoms with Gasteiger partial charge >= 0.3 is 6.18 Å². The zero-order valence-electron chi connectivity index (χ0n) is 8.14. The molecule has 6 heteroatoms. The summed E-state index contributed by atoms with van der Waals surface area (Å²) in [5.74, 6) is -0.0138. The van der Waals surface area contributed by atoms with E-state index in [9.17, 15) is 13.2 Å². The number of nitrogens with zero attached hydrogens (tertiary/aromatic N) is 1. The van der Waals surface area contributed by atoms with Gasteiger partial charge in [0.1, 0.15) is 6.61 Å². The van der Waals surface area contributed by atoms with Crippen LogP contribution in [0, 0.1) is 0 Å². The molecule has 1 heterocycles. The van der Waals surface area contributed by atoms with Crippen LogP contribution in [0.1, 0.15) is 5.56 Å². The highest BCUT2D eigenvalue weighted by Gasteiger charge is 2.30. The summed E-state index contributed by atoms with van der Waals surface area (Å²) >= 11 is 0. The normalized spacial score (nSPS) is 11.5. The van der Waals surface area contributed by atoms with Gasteiger partial charge in [-0.15, -0.1) is 0 Å². The molecule has 0 bridgehead atoms. The summed E-state index contributed by atoms with van der Waals surface area (Å²) in [6.07, 6.45) is -3.28. The number of hydrogen-bond donors (Lipinski definition) is 1. The van der Waals surface area contributed by atoms with E-state index >= 15 is 0 Å². The number of rotatable bonds is 4. The number of ether oxygens (including phenoxy) is 1. The van der Waals surface area contributed by atoms with Gasteiger partial charge < -0.3 is 10.1 Å². The van der Waals surface area contributed by atoms with Crippen molar-refractivity contribution in [2.24, 2.45) is 0 Å². The van der Waals surface area contributed by atoms with Crippen molar-refractivity contribution in [2.75, 3.05) is 20.2 Å². The van der Waals surface area contributed by atoms with Gasteiger partial charge in [-0.25, -0.2) is 4.98 Å². The summed E-state index contributed by atoms with van der Waals surface area (Å²) in [5, 5.41) is 2.81. The van der Waals surface area contributed by atoms with Crippen LogP contribution in [0.5, 0.6) is 5.88 Å². The molecule has 1 rings (SSSR count). The smallest absolute Gasteiger partial charge is 0.416 e. The second-order valence-corrected chi connectivity index (χ2v) is 2.83. The quantitative estimate of drug-likeness (QED) is 0.784. The summed E-state index contributed by atoms with van der Waals surface area (Å²) in [5.41, 5.74) is -0.753. The Morgan fingerprint density at radius 1 is 1.47 bits per heavy atom. The molecule has 0 fully saturated rings. The standard InChI is InChI=1S/C9H11F3N2O/c1-13-4-5-15-8-6-7(2-3-14-8)9(10,11)12/h2-3,6,13H,4-5H2,1H3. The van der Waals surface area contributed by atoms with Gasteiger partial charge in [-0.3, -0.25) is 0 Å². The summed E-state index contributed by atoms with van der Waals surface area (Å²) in [4.78, 5) is 3.67. The van der Waals surface area contributed by atoms with Crippen LogP contribution in [-0.4, -0.2) is 25.2 Å². The van der Waals surface area contributed by atoms with Crippen LogP contribution in [0.4, 0.5) is 13.2 Å². The van der Waals surface area contributed by atoms with E-state index in [-0.39, 0.29) is 12.5 Å². The molecule has 0 atom stereocenters. The van der Waals surface area contributed by atoms with Crippen molar-refractivity contribution in [1.29, 1.82) is 0 Å². The van der Waals surface area contributed by atoms with Crippen molar-refractivity contribution < 1.29 is 17.9 Å². The zero-order valence-corrected chi connectivity index (χ0v) is 8.14. The number of halogens is 3. The van der Waals surface area contributed by atoms with Crippen LogP contribution >= 0.6 is 0 Å². The lowest BCUT2D eigenvalue weighted by Crippen LogP contribution is -2.16. The number of alkyl halides is 3. The molecule has 1 N–H and O–H groups in total. The lowest BCUT2D eigenvalue weighted by Gasteiger charge is -2.08. The SMILES string of the molecule is CNCCOc1cc(C(F)(F)F)ccn1. The third-order valence-corrected chi connectivity index (χ3v) is 1.66. The van der Waals surface area contributed by atoms with Gasteiger partial charge in [-0.05, 0) is 13.1 Å². The van der Waals surface area contributed by atoms with Crippen molar-refractivity contribution >= 4 is 0 Å². The molecule has 84 valence electrons. The highest BCUT2D eigenvalue weighted by atomic mass is 19.4. The minimum atomic E-state index is -4.36. The Labute approximate surface area is 85.3 Å². The van der Waals surface area contributed by atoms with Gasteiger partial charge in [0.05, 0.1) is 5.56 Å². The van der Waals surface area contributed by atoms with Crippen molar-refractivity contribution in [3.05, 3.63) is 23.9 Å². The Balaban J connectivity index is 2.66. The van der Waals surface area contributed by atoms with Crippen LogP contribution in [0.3, 0.4) is 0 Å². The molecule has 0 saturated heterocycles. The molecule has 0 amide bonds. The molecule has 0 aliphatic rings. The number of pyridine rings is 1. The third kappa shape index (κ3) is 3.75. The average molecular weight is 220 g/mol. The molecule has 0 aromatic carbocycles. The Morgan fingerprint density at radius 3 is 2.80 bits per heavy atom. The minimum absolute atomic E-state index is 0.0138. The number of nitrogens with one attached hydrogen (secondary N) is 1. The van der Waals surface area contributed by atoms with E-state index in [0.29, 0.717) is 6.54 Å². The molecular weight excluding hydrogens is 209 g/mol. The molecule has 0 unspecified atom stereocenters. The van der Waals surface area contributed by atoms with Crippen LogP contribution in [0.25, 0.3) is 0 Å². The first-order valence-corrected chi connectivity index (χ1v) is 4.34. The van der Waals surface area contributed by atoms with Gasteiger partial charge in [-0.1, -0.05) is 0 Å². The third-order valence-electron chi connectivity index (χ3n) is 1.66. The lowest BCUT2D eigenvalue weighted by molar-refractivity contribution is -0.137. The second-order valence-electron chi connectivity index (χ2n) is 2.83. The Morgan fingerprint density at radius 2 is 2.20 bits per heavy atom. The van der Waals surface area contributed by atoms with Gasteiger partial charge in [0, 0.05) is 18.8 Å². The summed E-state index contributed by atoms with van der Waals surface area (Å²) in [6.45, 7) is 0.836. The molecule has 0 radical (unpaired) electrons. The molecule has 0 saturated carbocycles. The molecule has 15 heavy (non-hydrogen) atoms. The van der Waals surface area contributed by atoms with Crippen LogP contribution < -0.4 is 10.1 Å². The number of likely N-dealkylation sites (N-methyl/N-ethyl adjacent to an activating group) is 1. The Kier molecular flexibility index (Phi) is 3.90. The van der Waals surface area contributed by atoms with Gasteiger partial charge in [0.15, 0.2) is 0 Å². The van der Waals surface area contributed by atoms with E-state index in [1.807, 2.05) is 0 Å². The lowest BCUT2D eigenvalue weighted by atomic mass is 10.2. The maximum absolute atomic E-state index is 12.3. The predicted molar refractivity (Wildman–Crippen MR) is 48.7 cm³/mol. The zero-order chi connectivity index (χ0) is 11.3. The number of aromatic nitrogens is 1. The highest BCUT2D eigenvalue weighted by molar-refractivity contribution is 5.22. The summed E-state index contributed by atoms with van der Waals surface area (Å²) in [7, 11) is 1.73. The number of hydrogen-bond acceptors (Lipinski definition) is 3. The first-order chi connectivity index (χ1) is 7.04. The predicted octanol–water partition coefficient (Wildman–Crippen LogP) is 1.70. The van der Waals surface area contributed by atoms with E-state index in [0.717, 1.165) is 18.3 Å². The van der Waals surface area contributed by atoms with E-state index < -0.39 is 11.7 Å². The first kappa shape index (κ1) is 11.8. The van der Waals surface area contributed by atoms with Crippen molar-refractivity contribution in [2.45, 2.75) is 6.18 Å². The summed E-state index contributed by atoms with van der Waals surface area (Å²) < 4.78 is 41.8. The van der Waals surface area contributed by atoms with Crippen molar-refractivity contribution in [1.82, 2.24) is 10.3 Å². The monoisotopic (exact) mass is 220 g/mol. The molecule has 0 aliphatic carbocycles. The van der Waals surface area contributed by atoms with E-state index in [1.54, 1.807) is 7.05 Å². The molecule has 0 aliphatic heterocycles. The highest BCUT2D eigenvalue weighted by Crippen LogP contribution is 2.30. The van der Waals surface area contributed by atoms with Crippen molar-refractivity contribution in [3.63, 3.8) is 0 Å². The van der Waals surface area contributed by atoms with Gasteiger partial charge in [-0.2, -0.15) is 13.2 Å². The first-order valence-electron chi connectivity index (χ1n) is 4.34. The Bertz CT molecular complexity index is 314. The maximum atomic E-state index is 12.3. The average Bonchev–Trinajstić information content (AvgIpc) is 2.17. The van der Waals surface area contributed by atoms with Gasteiger partial charge in [0.2, 0.25) is 5.88 Å².